The third kappa shape index (κ3) is 5.54. The first kappa shape index (κ1) is 23.5. The number of nitrogens with zero attached hydrogens (tertiary/aromatic N) is 1. The fourth-order valence-electron chi connectivity index (χ4n) is 3.55. The first-order chi connectivity index (χ1) is 15.8. The van der Waals surface area contributed by atoms with Gasteiger partial charge >= 0.3 is 5.97 Å². The van der Waals surface area contributed by atoms with Crippen molar-refractivity contribution in [2.45, 2.75) is 31.9 Å². The van der Waals surface area contributed by atoms with Crippen molar-refractivity contribution in [1.29, 1.82) is 0 Å². The Morgan fingerprint density at radius 2 is 1.48 bits per heavy atom. The van der Waals surface area contributed by atoms with Crippen LogP contribution in [-0.4, -0.2) is 40.0 Å². The summed E-state index contributed by atoms with van der Waals surface area (Å²) in [6, 6.07) is 19.5. The minimum absolute atomic E-state index is 0.211. The number of aromatic hydroxyl groups is 1. The molecule has 0 aliphatic heterocycles. The van der Waals surface area contributed by atoms with Crippen LogP contribution in [0.5, 0.6) is 5.75 Å². The second-order valence-corrected chi connectivity index (χ2v) is 7.56. The van der Waals surface area contributed by atoms with E-state index in [0.29, 0.717) is 0 Å². The summed E-state index contributed by atoms with van der Waals surface area (Å²) in [6.45, 7) is 3.25. The lowest BCUT2D eigenvalue weighted by molar-refractivity contribution is -0.150. The number of aromatic nitrogens is 1. The van der Waals surface area contributed by atoms with Crippen molar-refractivity contribution in [3.05, 3.63) is 95.3 Å². The molecule has 0 radical (unpaired) electrons. The van der Waals surface area contributed by atoms with Gasteiger partial charge < -0.3 is 20.9 Å². The predicted octanol–water partition coefficient (Wildman–Crippen LogP) is 2.77. The number of nitrogens with two attached hydrogens (primary N) is 1. The van der Waals surface area contributed by atoms with E-state index in [9.17, 15) is 19.5 Å². The Hall–Kier alpha value is -4.20. The van der Waals surface area contributed by atoms with Gasteiger partial charge in [0.1, 0.15) is 12.1 Å². The molecule has 2 aromatic carbocycles. The van der Waals surface area contributed by atoms with Crippen molar-refractivity contribution in [2.75, 3.05) is 0 Å². The molecule has 1 heterocycles. The highest BCUT2D eigenvalue weighted by Gasteiger charge is 2.28. The lowest BCUT2D eigenvalue weighted by atomic mass is 9.87. The van der Waals surface area contributed by atoms with E-state index >= 15 is 0 Å². The summed E-state index contributed by atoms with van der Waals surface area (Å²) < 4.78 is 5.70. The van der Waals surface area contributed by atoms with Gasteiger partial charge in [-0.15, -0.1) is 0 Å². The van der Waals surface area contributed by atoms with Crippen molar-refractivity contribution in [3.8, 4) is 5.75 Å². The number of carbonyl (C=O) groups excluding carboxylic acids is 3. The zero-order valence-electron chi connectivity index (χ0n) is 18.3. The number of hydrogen-bond donors (Lipinski definition) is 3. The summed E-state index contributed by atoms with van der Waals surface area (Å²) in [7, 11) is 0. The second-order valence-electron chi connectivity index (χ2n) is 7.56. The quantitative estimate of drug-likeness (QED) is 0.455. The van der Waals surface area contributed by atoms with Crippen LogP contribution in [0.3, 0.4) is 0 Å². The molecule has 2 atom stereocenters. The number of nitrogens with one attached hydrogen (secondary N) is 1. The van der Waals surface area contributed by atoms with Gasteiger partial charge in [-0.1, -0.05) is 60.7 Å². The van der Waals surface area contributed by atoms with Crippen LogP contribution in [0.2, 0.25) is 0 Å². The van der Waals surface area contributed by atoms with Gasteiger partial charge in [-0.25, -0.2) is 9.78 Å². The number of ether oxygens (including phenoxy) is 1. The molecule has 0 fully saturated rings. The van der Waals surface area contributed by atoms with E-state index in [0.717, 1.165) is 11.1 Å². The first-order valence-corrected chi connectivity index (χ1v) is 10.4. The Morgan fingerprint density at radius 1 is 0.939 bits per heavy atom. The van der Waals surface area contributed by atoms with E-state index < -0.39 is 41.4 Å². The standard InChI is InChI=1S/C25H25N3O5/c1-15(28-24(31)21-22(29)19(23(26)30)13-14-27-21)25(32)33-16(2)20(17-9-5-3-6-10-17)18-11-7-4-8-12-18/h3-16,20,29H,1-2H3,(H2,26,30)(H,28,31)/t15-,16?/m0/s1. The maximum Gasteiger partial charge on any atom is 0.328 e. The Kier molecular flexibility index (Phi) is 7.40. The lowest BCUT2D eigenvalue weighted by Crippen LogP contribution is -2.41. The van der Waals surface area contributed by atoms with Crippen LogP contribution >= 0.6 is 0 Å². The molecule has 8 heteroatoms. The van der Waals surface area contributed by atoms with E-state index in [4.69, 9.17) is 10.5 Å². The number of rotatable bonds is 8. The third-order valence-corrected chi connectivity index (χ3v) is 5.19. The Balaban J connectivity index is 1.73. The van der Waals surface area contributed by atoms with Crippen LogP contribution in [0.25, 0.3) is 0 Å². The topological polar surface area (TPSA) is 132 Å². The highest BCUT2D eigenvalue weighted by Crippen LogP contribution is 2.30. The van der Waals surface area contributed by atoms with E-state index in [1.807, 2.05) is 60.7 Å². The lowest BCUT2D eigenvalue weighted by Gasteiger charge is -2.26. The minimum Gasteiger partial charge on any atom is -0.505 e. The smallest absolute Gasteiger partial charge is 0.328 e. The van der Waals surface area contributed by atoms with Crippen molar-refractivity contribution < 1.29 is 24.2 Å². The number of pyridine rings is 1. The van der Waals surface area contributed by atoms with Crippen LogP contribution in [0, 0.1) is 0 Å². The monoisotopic (exact) mass is 447 g/mol. The van der Waals surface area contributed by atoms with E-state index in [1.54, 1.807) is 6.92 Å². The van der Waals surface area contributed by atoms with Gasteiger partial charge in [0.05, 0.1) is 5.56 Å². The number of esters is 1. The summed E-state index contributed by atoms with van der Waals surface area (Å²) in [6.07, 6.45) is 0.635. The molecule has 33 heavy (non-hydrogen) atoms. The van der Waals surface area contributed by atoms with E-state index in [1.165, 1.54) is 19.2 Å². The molecular weight excluding hydrogens is 422 g/mol. The van der Waals surface area contributed by atoms with Gasteiger partial charge in [0, 0.05) is 12.1 Å². The van der Waals surface area contributed by atoms with Crippen molar-refractivity contribution in [1.82, 2.24) is 10.3 Å². The van der Waals surface area contributed by atoms with Gasteiger partial charge in [-0.3, -0.25) is 9.59 Å². The molecule has 0 saturated heterocycles. The molecule has 3 aromatic rings. The van der Waals surface area contributed by atoms with E-state index in [-0.39, 0.29) is 11.5 Å². The van der Waals surface area contributed by atoms with Crippen LogP contribution < -0.4 is 11.1 Å². The molecular formula is C25H25N3O5. The average molecular weight is 447 g/mol. The van der Waals surface area contributed by atoms with Crippen LogP contribution in [0.4, 0.5) is 0 Å². The largest absolute Gasteiger partial charge is 0.505 e. The SMILES string of the molecule is CC(OC(=O)[C@H](C)NC(=O)c1nccc(C(N)=O)c1O)C(c1ccccc1)c1ccccc1. The number of amides is 2. The summed E-state index contributed by atoms with van der Waals surface area (Å²) in [5, 5.41) is 12.5. The highest BCUT2D eigenvalue weighted by molar-refractivity contribution is 6.02. The molecule has 170 valence electrons. The highest BCUT2D eigenvalue weighted by atomic mass is 16.5. The van der Waals surface area contributed by atoms with E-state index in [2.05, 4.69) is 10.3 Å². The van der Waals surface area contributed by atoms with Crippen molar-refractivity contribution >= 4 is 17.8 Å². The normalized spacial score (nSPS) is 12.6. The molecule has 8 nitrogen and oxygen atoms in total. The zero-order valence-corrected chi connectivity index (χ0v) is 18.3. The molecule has 1 aromatic heterocycles. The Bertz CT molecular complexity index is 1100. The molecule has 0 bridgehead atoms. The number of primary amides is 1. The second kappa shape index (κ2) is 10.4. The summed E-state index contributed by atoms with van der Waals surface area (Å²) in [5.74, 6) is -3.26. The number of carbonyl (C=O) groups is 3. The molecule has 0 aliphatic carbocycles. The average Bonchev–Trinajstić information content (AvgIpc) is 2.80. The van der Waals surface area contributed by atoms with Gasteiger partial charge in [0.25, 0.3) is 11.8 Å². The minimum atomic E-state index is -1.04. The summed E-state index contributed by atoms with van der Waals surface area (Å²) in [5.41, 5.74) is 6.49. The summed E-state index contributed by atoms with van der Waals surface area (Å²) >= 11 is 0. The number of benzene rings is 2. The molecule has 1 unspecified atom stereocenters. The number of hydrogen-bond acceptors (Lipinski definition) is 6. The van der Waals surface area contributed by atoms with Crippen molar-refractivity contribution in [3.63, 3.8) is 0 Å². The maximum absolute atomic E-state index is 12.8. The molecule has 2 amide bonds. The Labute approximate surface area is 191 Å². The van der Waals surface area contributed by atoms with Crippen LogP contribution in [0.15, 0.2) is 72.9 Å². The predicted molar refractivity (Wildman–Crippen MR) is 122 cm³/mol. The third-order valence-electron chi connectivity index (χ3n) is 5.19. The molecule has 4 N–H and O–H groups in total. The Morgan fingerprint density at radius 3 is 2.00 bits per heavy atom. The van der Waals surface area contributed by atoms with Gasteiger partial charge in [-0.05, 0) is 31.0 Å². The van der Waals surface area contributed by atoms with Crippen molar-refractivity contribution in [2.24, 2.45) is 5.73 Å². The fourth-order valence-corrected chi connectivity index (χ4v) is 3.55. The van der Waals surface area contributed by atoms with Gasteiger partial charge in [-0.2, -0.15) is 0 Å². The molecule has 0 spiro atoms. The maximum atomic E-state index is 12.8. The van der Waals surface area contributed by atoms with Crippen LogP contribution in [-0.2, 0) is 9.53 Å². The molecule has 0 aliphatic rings. The zero-order chi connectivity index (χ0) is 24.0. The summed E-state index contributed by atoms with van der Waals surface area (Å²) in [4.78, 5) is 40.4. The fraction of sp³-hybridized carbons (Fsp3) is 0.200. The first-order valence-electron chi connectivity index (χ1n) is 10.4. The molecule has 0 saturated carbocycles. The van der Waals surface area contributed by atoms with Crippen LogP contribution in [0.1, 0.15) is 51.7 Å². The van der Waals surface area contributed by atoms with Gasteiger partial charge in [0.2, 0.25) is 0 Å². The van der Waals surface area contributed by atoms with Gasteiger partial charge in [0.15, 0.2) is 11.4 Å². The molecule has 3 rings (SSSR count).